The molecule has 1 aliphatic rings. The summed E-state index contributed by atoms with van der Waals surface area (Å²) in [6, 6.07) is 24.7. The highest BCUT2D eigenvalue weighted by Crippen LogP contribution is 2.47. The summed E-state index contributed by atoms with van der Waals surface area (Å²) in [5.74, 6) is 0.110. The standard InChI is InChI=1S/C40H32N6/c1-21(2)29-35-36(44-33(26-19-15-24(6)16-20-26)32(43-35)25-17-13-23(5)14-18-25)30(22(3)4)38-37(29)45-34-28-12-10-9-11-27(28)31(39(34)46-38)40(41-7)42-8/h9-22H,1-6H3. The summed E-state index contributed by atoms with van der Waals surface area (Å²) in [5, 5.41) is 0. The van der Waals surface area contributed by atoms with Gasteiger partial charge in [0, 0.05) is 27.8 Å². The smallest absolute Gasteiger partial charge is 0.244 e. The van der Waals surface area contributed by atoms with Gasteiger partial charge >= 0.3 is 5.82 Å². The monoisotopic (exact) mass is 596 g/mol. The minimum absolute atomic E-state index is 0.00000719. The highest BCUT2D eigenvalue weighted by atomic mass is 14.9. The third-order valence-corrected chi connectivity index (χ3v) is 8.74. The molecule has 0 bridgehead atoms. The van der Waals surface area contributed by atoms with E-state index in [0.717, 1.165) is 66.8 Å². The molecule has 2 heterocycles. The van der Waals surface area contributed by atoms with Crippen molar-refractivity contribution in [2.75, 3.05) is 0 Å². The summed E-state index contributed by atoms with van der Waals surface area (Å²) in [4.78, 5) is 28.8. The van der Waals surface area contributed by atoms with Gasteiger partial charge in [-0.3, -0.25) is 0 Å². The summed E-state index contributed by atoms with van der Waals surface area (Å²) in [6.07, 6.45) is 0. The van der Waals surface area contributed by atoms with Crippen LogP contribution in [-0.2, 0) is 0 Å². The normalized spacial score (nSPS) is 12.0. The van der Waals surface area contributed by atoms with Crippen LogP contribution in [0.3, 0.4) is 0 Å². The topological polar surface area (TPSA) is 60.3 Å². The summed E-state index contributed by atoms with van der Waals surface area (Å²) < 4.78 is 0. The molecule has 6 nitrogen and oxygen atoms in total. The number of fused-ring (bicyclic) bond motifs is 5. The Kier molecular flexibility index (Phi) is 6.95. The van der Waals surface area contributed by atoms with Gasteiger partial charge in [0.15, 0.2) is 0 Å². The first-order chi connectivity index (χ1) is 22.2. The molecule has 0 saturated carbocycles. The third-order valence-electron chi connectivity index (χ3n) is 8.74. The van der Waals surface area contributed by atoms with Crippen molar-refractivity contribution in [1.82, 2.24) is 19.9 Å². The van der Waals surface area contributed by atoms with Crippen LogP contribution in [0.2, 0.25) is 0 Å². The van der Waals surface area contributed by atoms with Gasteiger partial charge in [0.2, 0.25) is 0 Å². The van der Waals surface area contributed by atoms with Crippen molar-refractivity contribution in [3.63, 3.8) is 0 Å². The van der Waals surface area contributed by atoms with Crippen LogP contribution in [0.4, 0.5) is 0 Å². The largest absolute Gasteiger partial charge is 0.529 e. The maximum atomic E-state index is 7.79. The maximum absolute atomic E-state index is 7.79. The molecule has 0 unspecified atom stereocenters. The van der Waals surface area contributed by atoms with E-state index in [1.165, 1.54) is 11.1 Å². The van der Waals surface area contributed by atoms with E-state index in [2.05, 4.69) is 99.8 Å². The highest BCUT2D eigenvalue weighted by Gasteiger charge is 2.35. The lowest BCUT2D eigenvalue weighted by molar-refractivity contribution is 0.860. The molecule has 0 amide bonds. The van der Waals surface area contributed by atoms with Crippen molar-refractivity contribution in [2.24, 2.45) is 0 Å². The second-order valence-corrected chi connectivity index (χ2v) is 12.6. The van der Waals surface area contributed by atoms with Crippen LogP contribution >= 0.6 is 0 Å². The molecule has 0 spiro atoms. The number of aryl methyl sites for hydroxylation is 2. The van der Waals surface area contributed by atoms with E-state index in [9.17, 15) is 0 Å². The summed E-state index contributed by atoms with van der Waals surface area (Å²) in [5.41, 5.74) is 14.7. The zero-order valence-electron chi connectivity index (χ0n) is 26.8. The fraction of sp³-hybridized carbons (Fsp3) is 0.200. The number of rotatable bonds is 4. The Morgan fingerprint density at radius 2 is 0.913 bits per heavy atom. The Balaban J connectivity index is 1.67. The van der Waals surface area contributed by atoms with Crippen LogP contribution in [0.15, 0.2) is 78.6 Å². The van der Waals surface area contributed by atoms with Crippen molar-refractivity contribution in [2.45, 2.75) is 53.4 Å². The lowest BCUT2D eigenvalue weighted by Crippen LogP contribution is -2.08. The van der Waals surface area contributed by atoms with Crippen molar-refractivity contribution in [3.8, 4) is 33.8 Å². The Hall–Kier alpha value is -5.72. The van der Waals surface area contributed by atoms with E-state index in [1.807, 2.05) is 24.3 Å². The molecule has 46 heavy (non-hydrogen) atoms. The first kappa shape index (κ1) is 29.0. The van der Waals surface area contributed by atoms with Gasteiger partial charge in [-0.2, -0.15) is 9.69 Å². The second-order valence-electron chi connectivity index (χ2n) is 12.6. The van der Waals surface area contributed by atoms with Crippen LogP contribution < -0.4 is 0 Å². The molecular formula is C40H32N6. The lowest BCUT2D eigenvalue weighted by Gasteiger charge is -2.21. The van der Waals surface area contributed by atoms with Gasteiger partial charge in [-0.15, -0.1) is 0 Å². The Bertz CT molecular complexity index is 2320. The number of benzene rings is 4. The molecule has 0 N–H and O–H groups in total. The summed E-state index contributed by atoms with van der Waals surface area (Å²) >= 11 is 0. The fourth-order valence-electron chi connectivity index (χ4n) is 6.53. The fourth-order valence-corrected chi connectivity index (χ4v) is 6.53. The highest BCUT2D eigenvalue weighted by molar-refractivity contribution is 6.07. The quantitative estimate of drug-likeness (QED) is 0.150. The molecule has 6 heteroatoms. The Morgan fingerprint density at radius 1 is 0.522 bits per heavy atom. The van der Waals surface area contributed by atoms with Gasteiger partial charge in [-0.05, 0) is 31.2 Å². The van der Waals surface area contributed by atoms with Gasteiger partial charge in [-0.25, -0.2) is 19.9 Å². The van der Waals surface area contributed by atoms with E-state index in [1.54, 1.807) is 0 Å². The van der Waals surface area contributed by atoms with Crippen LogP contribution in [0, 0.1) is 27.0 Å². The van der Waals surface area contributed by atoms with Crippen molar-refractivity contribution in [3.05, 3.63) is 135 Å². The maximum Gasteiger partial charge on any atom is 0.529 e. The van der Waals surface area contributed by atoms with Crippen LogP contribution in [-0.4, -0.2) is 19.9 Å². The van der Waals surface area contributed by atoms with Crippen LogP contribution in [0.5, 0.6) is 0 Å². The molecule has 2 aromatic heterocycles. The van der Waals surface area contributed by atoms with Crippen LogP contribution in [0.25, 0.3) is 71.1 Å². The molecular weight excluding hydrogens is 564 g/mol. The first-order valence-corrected chi connectivity index (χ1v) is 15.5. The zero-order chi connectivity index (χ0) is 32.3. The average molecular weight is 597 g/mol. The van der Waals surface area contributed by atoms with Gasteiger partial charge < -0.3 is 0 Å². The minimum atomic E-state index is 0.00000719. The van der Waals surface area contributed by atoms with Crippen LogP contribution in [0.1, 0.15) is 73.0 Å². The number of aromatic nitrogens is 4. The van der Waals surface area contributed by atoms with Crippen molar-refractivity contribution < 1.29 is 0 Å². The minimum Gasteiger partial charge on any atom is -0.244 e. The molecule has 0 saturated heterocycles. The predicted octanol–water partition coefficient (Wildman–Crippen LogP) is 10.3. The molecule has 0 aliphatic heterocycles. The van der Waals surface area contributed by atoms with Gasteiger partial charge in [0.1, 0.15) is 18.7 Å². The number of nitrogens with zero attached hydrogens (tertiary/aromatic N) is 6. The molecule has 1 aliphatic carbocycles. The molecule has 6 aromatic rings. The first-order valence-electron chi connectivity index (χ1n) is 15.5. The van der Waals surface area contributed by atoms with Crippen molar-refractivity contribution >= 4 is 27.6 Å². The van der Waals surface area contributed by atoms with Crippen molar-refractivity contribution in [1.29, 1.82) is 0 Å². The Labute approximate surface area is 269 Å². The van der Waals surface area contributed by atoms with E-state index in [-0.39, 0.29) is 17.7 Å². The SMILES string of the molecule is [C-]#[N+]C([N+]#[C-])=C1c2ccccc2-c2nc3c(C(C)C)c4nc(-c5ccc(C)cc5)c(-c5ccc(C)cc5)nc4c(C(C)C)c3nc21. The second kappa shape index (κ2) is 11.0. The third kappa shape index (κ3) is 4.45. The number of hydrogen-bond acceptors (Lipinski definition) is 4. The molecule has 0 radical (unpaired) electrons. The van der Waals surface area contributed by atoms with E-state index in [4.69, 9.17) is 33.1 Å². The summed E-state index contributed by atoms with van der Waals surface area (Å²) in [7, 11) is 0. The molecule has 0 fully saturated rings. The predicted molar refractivity (Wildman–Crippen MR) is 186 cm³/mol. The molecule has 4 aromatic carbocycles. The lowest BCUT2D eigenvalue weighted by atomic mass is 9.90. The van der Waals surface area contributed by atoms with Gasteiger partial charge in [0.25, 0.3) is 0 Å². The molecule has 0 atom stereocenters. The summed E-state index contributed by atoms with van der Waals surface area (Å²) in [6.45, 7) is 28.4. The van der Waals surface area contributed by atoms with Gasteiger partial charge in [-0.1, -0.05) is 112 Å². The average Bonchev–Trinajstić information content (AvgIpc) is 3.36. The van der Waals surface area contributed by atoms with Gasteiger partial charge in [0.05, 0.1) is 44.8 Å². The van der Waals surface area contributed by atoms with E-state index in [0.29, 0.717) is 17.0 Å². The number of hydrogen-bond donors (Lipinski definition) is 0. The van der Waals surface area contributed by atoms with E-state index >= 15 is 0 Å². The van der Waals surface area contributed by atoms with E-state index < -0.39 is 0 Å². The molecule has 7 rings (SSSR count). The zero-order valence-corrected chi connectivity index (χ0v) is 26.8. The molecule has 222 valence electrons. The Morgan fingerprint density at radius 3 is 1.33 bits per heavy atom.